The van der Waals surface area contributed by atoms with Crippen molar-refractivity contribution in [3.8, 4) is 5.75 Å². The second-order valence-corrected chi connectivity index (χ2v) is 5.79. The predicted octanol–water partition coefficient (Wildman–Crippen LogP) is 4.00. The summed E-state index contributed by atoms with van der Waals surface area (Å²) in [5, 5.41) is 10.6. The molecule has 0 bridgehead atoms. The van der Waals surface area contributed by atoms with Gasteiger partial charge in [0.2, 0.25) is 0 Å². The Bertz CT molecular complexity index is 692. The first-order valence-electron chi connectivity index (χ1n) is 6.43. The molecule has 6 heteroatoms. The molecule has 0 saturated carbocycles. The Kier molecular flexibility index (Phi) is 3.79. The molecule has 0 amide bonds. The zero-order chi connectivity index (χ0) is 14.8. The van der Waals surface area contributed by atoms with Crippen LogP contribution in [0.15, 0.2) is 47.4 Å². The zero-order valence-corrected chi connectivity index (χ0v) is 11.8. The summed E-state index contributed by atoms with van der Waals surface area (Å²) in [7, 11) is 0. The third kappa shape index (κ3) is 2.85. The summed E-state index contributed by atoms with van der Waals surface area (Å²) in [6, 6.07) is 11.5. The number of thioether (sulfide) groups is 1. The van der Waals surface area contributed by atoms with E-state index in [1.54, 1.807) is 11.8 Å². The molecule has 1 heterocycles. The lowest BCUT2D eigenvalue weighted by Gasteiger charge is -2.13. The van der Waals surface area contributed by atoms with Gasteiger partial charge in [-0.15, -0.1) is 11.8 Å². The van der Waals surface area contributed by atoms with Gasteiger partial charge in [0.15, 0.2) is 11.6 Å². The van der Waals surface area contributed by atoms with E-state index in [1.807, 2.05) is 12.1 Å². The molecule has 0 N–H and O–H groups in total. The molecular weight excluding hydrogens is 293 g/mol. The Morgan fingerprint density at radius 2 is 2.14 bits per heavy atom. The van der Waals surface area contributed by atoms with Crippen LogP contribution in [0.3, 0.4) is 0 Å². The highest BCUT2D eigenvalue weighted by Gasteiger charge is 2.23. The van der Waals surface area contributed by atoms with Gasteiger partial charge in [-0.2, -0.15) is 0 Å². The largest absolute Gasteiger partial charge is 0.490 e. The summed E-state index contributed by atoms with van der Waals surface area (Å²) in [5.74, 6) is 0.451. The first kappa shape index (κ1) is 13.9. The van der Waals surface area contributed by atoms with Crippen molar-refractivity contribution in [3.63, 3.8) is 0 Å². The summed E-state index contributed by atoms with van der Waals surface area (Å²) in [6.07, 6.45) is 0. The first-order chi connectivity index (χ1) is 10.1. The van der Waals surface area contributed by atoms with Crippen LogP contribution in [0.5, 0.6) is 5.75 Å². The van der Waals surface area contributed by atoms with Crippen molar-refractivity contribution in [1.29, 1.82) is 0 Å². The molecule has 0 aliphatic carbocycles. The Labute approximate surface area is 125 Å². The molecule has 1 aliphatic heterocycles. The second-order valence-electron chi connectivity index (χ2n) is 4.73. The lowest BCUT2D eigenvalue weighted by atomic mass is 10.0. The van der Waals surface area contributed by atoms with Crippen LogP contribution in [0.2, 0.25) is 0 Å². The molecule has 1 aliphatic rings. The number of hydrogen-bond acceptors (Lipinski definition) is 4. The van der Waals surface area contributed by atoms with Gasteiger partial charge < -0.3 is 4.74 Å². The van der Waals surface area contributed by atoms with Crippen molar-refractivity contribution in [3.05, 3.63) is 64.0 Å². The predicted molar refractivity (Wildman–Crippen MR) is 78.5 cm³/mol. The van der Waals surface area contributed by atoms with Crippen molar-refractivity contribution in [2.75, 3.05) is 12.4 Å². The third-order valence-electron chi connectivity index (χ3n) is 3.37. The fourth-order valence-corrected chi connectivity index (χ4v) is 3.51. The maximum atomic E-state index is 13.7. The Balaban J connectivity index is 1.70. The number of halogens is 1. The molecule has 3 rings (SSSR count). The van der Waals surface area contributed by atoms with E-state index < -0.39 is 10.7 Å². The average Bonchev–Trinajstić information content (AvgIpc) is 2.89. The smallest absolute Gasteiger partial charge is 0.272 e. The van der Waals surface area contributed by atoms with Crippen LogP contribution in [0.4, 0.5) is 10.1 Å². The number of benzene rings is 2. The molecule has 0 radical (unpaired) electrons. The monoisotopic (exact) mass is 305 g/mol. The van der Waals surface area contributed by atoms with Crippen molar-refractivity contribution in [2.45, 2.75) is 10.8 Å². The van der Waals surface area contributed by atoms with Gasteiger partial charge in [-0.3, -0.25) is 10.1 Å². The summed E-state index contributed by atoms with van der Waals surface area (Å²) < 4.78 is 19.2. The maximum Gasteiger partial charge on any atom is 0.272 e. The fourth-order valence-electron chi connectivity index (χ4n) is 2.28. The minimum atomic E-state index is -0.705. The fraction of sp³-hybridized carbons (Fsp3) is 0.200. The van der Waals surface area contributed by atoms with Crippen LogP contribution >= 0.6 is 11.8 Å². The van der Waals surface area contributed by atoms with Crippen LogP contribution in [0, 0.1) is 15.9 Å². The van der Waals surface area contributed by atoms with E-state index in [1.165, 1.54) is 22.6 Å². The van der Waals surface area contributed by atoms with E-state index in [9.17, 15) is 14.5 Å². The van der Waals surface area contributed by atoms with E-state index in [0.29, 0.717) is 6.61 Å². The molecule has 1 unspecified atom stereocenters. The normalized spacial score (nSPS) is 16.5. The number of non-ortho nitro benzene ring substituents is 1. The average molecular weight is 305 g/mol. The quantitative estimate of drug-likeness (QED) is 0.633. The topological polar surface area (TPSA) is 52.4 Å². The van der Waals surface area contributed by atoms with Crippen molar-refractivity contribution >= 4 is 17.4 Å². The molecule has 0 aromatic heterocycles. The van der Waals surface area contributed by atoms with Gasteiger partial charge in [0, 0.05) is 22.6 Å². The summed E-state index contributed by atoms with van der Waals surface area (Å²) in [4.78, 5) is 11.2. The van der Waals surface area contributed by atoms with Gasteiger partial charge in [0.05, 0.1) is 17.6 Å². The van der Waals surface area contributed by atoms with Gasteiger partial charge in [0.25, 0.3) is 5.69 Å². The van der Waals surface area contributed by atoms with Crippen molar-refractivity contribution in [2.24, 2.45) is 0 Å². The molecule has 108 valence electrons. The number of nitro groups is 1. The SMILES string of the molecule is O=[N+]([O-])c1ccc(OCC2CSc3ccccc32)c(F)c1. The molecule has 2 aromatic carbocycles. The number of hydrogen-bond donors (Lipinski definition) is 0. The lowest BCUT2D eigenvalue weighted by molar-refractivity contribution is -0.385. The zero-order valence-electron chi connectivity index (χ0n) is 11.0. The van der Waals surface area contributed by atoms with E-state index in [0.717, 1.165) is 11.8 Å². The maximum absolute atomic E-state index is 13.7. The molecule has 1 atom stereocenters. The number of nitrogens with zero attached hydrogens (tertiary/aromatic N) is 1. The molecule has 0 spiro atoms. The molecular formula is C15H12FNO3S. The van der Waals surface area contributed by atoms with Gasteiger partial charge >= 0.3 is 0 Å². The van der Waals surface area contributed by atoms with Crippen LogP contribution in [-0.4, -0.2) is 17.3 Å². The van der Waals surface area contributed by atoms with Crippen LogP contribution in [0.25, 0.3) is 0 Å². The number of fused-ring (bicyclic) bond motifs is 1. The lowest BCUT2D eigenvalue weighted by Crippen LogP contribution is -2.10. The van der Waals surface area contributed by atoms with Crippen molar-refractivity contribution < 1.29 is 14.1 Å². The van der Waals surface area contributed by atoms with E-state index in [2.05, 4.69) is 12.1 Å². The number of nitro benzene ring substituents is 1. The highest BCUT2D eigenvalue weighted by Crippen LogP contribution is 2.39. The van der Waals surface area contributed by atoms with Gasteiger partial charge in [-0.1, -0.05) is 18.2 Å². The molecule has 0 saturated heterocycles. The van der Waals surface area contributed by atoms with E-state index in [4.69, 9.17) is 4.74 Å². The highest BCUT2D eigenvalue weighted by atomic mass is 32.2. The Hall–Kier alpha value is -2.08. The standard InChI is InChI=1S/C15H12FNO3S/c16-13-7-11(17(18)19)5-6-14(13)20-8-10-9-21-15-4-2-1-3-12(10)15/h1-7,10H,8-9H2. The third-order valence-corrected chi connectivity index (χ3v) is 4.62. The van der Waals surface area contributed by atoms with Crippen LogP contribution < -0.4 is 4.74 Å². The summed E-state index contributed by atoms with van der Waals surface area (Å²) in [5.41, 5.74) is 0.937. The van der Waals surface area contributed by atoms with Gasteiger partial charge in [0.1, 0.15) is 0 Å². The van der Waals surface area contributed by atoms with Crippen LogP contribution in [0.1, 0.15) is 11.5 Å². The molecule has 2 aromatic rings. The number of ether oxygens (including phenoxy) is 1. The Morgan fingerprint density at radius 3 is 2.90 bits per heavy atom. The van der Waals surface area contributed by atoms with Crippen molar-refractivity contribution in [1.82, 2.24) is 0 Å². The minimum absolute atomic E-state index is 0.0509. The van der Waals surface area contributed by atoms with Gasteiger partial charge in [-0.25, -0.2) is 4.39 Å². The first-order valence-corrected chi connectivity index (χ1v) is 7.42. The molecule has 21 heavy (non-hydrogen) atoms. The highest BCUT2D eigenvalue weighted by molar-refractivity contribution is 7.99. The molecule has 4 nitrogen and oxygen atoms in total. The summed E-state index contributed by atoms with van der Waals surface area (Å²) in [6.45, 7) is 0.360. The second kappa shape index (κ2) is 5.73. The Morgan fingerprint density at radius 1 is 1.33 bits per heavy atom. The van der Waals surface area contributed by atoms with E-state index >= 15 is 0 Å². The minimum Gasteiger partial charge on any atom is -0.490 e. The number of rotatable bonds is 4. The summed E-state index contributed by atoms with van der Waals surface area (Å²) >= 11 is 1.76. The van der Waals surface area contributed by atoms with Crippen LogP contribution in [-0.2, 0) is 0 Å². The molecule has 0 fully saturated rings. The van der Waals surface area contributed by atoms with E-state index in [-0.39, 0.29) is 17.4 Å². The van der Waals surface area contributed by atoms with Gasteiger partial charge in [-0.05, 0) is 17.7 Å².